The zero-order chi connectivity index (χ0) is 12.3. The zero-order valence-electron chi connectivity index (χ0n) is 10.3. The van der Waals surface area contributed by atoms with Crippen LogP contribution in [0.25, 0.3) is 0 Å². The molecule has 2 unspecified atom stereocenters. The molecule has 1 aliphatic carbocycles. The van der Waals surface area contributed by atoms with Gasteiger partial charge in [0.15, 0.2) is 0 Å². The Hall–Kier alpha value is -1.06. The average Bonchev–Trinajstić information content (AvgIpc) is 2.92. The number of hydrogen-bond acceptors (Lipinski definition) is 2. The molecule has 0 aliphatic heterocycles. The van der Waals surface area contributed by atoms with Gasteiger partial charge in [-0.2, -0.15) is 0 Å². The predicted molar refractivity (Wildman–Crippen MR) is 61.0 cm³/mol. The van der Waals surface area contributed by atoms with Crippen LogP contribution in [0.1, 0.15) is 40.0 Å². The van der Waals surface area contributed by atoms with E-state index in [1.54, 1.807) is 4.90 Å². The van der Waals surface area contributed by atoms with Gasteiger partial charge < -0.3 is 10.0 Å². The summed E-state index contributed by atoms with van der Waals surface area (Å²) in [6, 6.07) is 0. The van der Waals surface area contributed by atoms with Crippen molar-refractivity contribution in [2.24, 2.45) is 11.3 Å². The van der Waals surface area contributed by atoms with Crippen LogP contribution < -0.4 is 0 Å². The van der Waals surface area contributed by atoms with Crippen LogP contribution >= 0.6 is 0 Å². The fourth-order valence-electron chi connectivity index (χ4n) is 2.06. The summed E-state index contributed by atoms with van der Waals surface area (Å²) >= 11 is 0. The molecule has 16 heavy (non-hydrogen) atoms. The molecule has 92 valence electrons. The molecule has 4 heteroatoms. The van der Waals surface area contributed by atoms with Crippen LogP contribution in [0.4, 0.5) is 0 Å². The summed E-state index contributed by atoms with van der Waals surface area (Å²) < 4.78 is 0. The topological polar surface area (TPSA) is 57.6 Å². The third-order valence-corrected chi connectivity index (χ3v) is 3.75. The van der Waals surface area contributed by atoms with E-state index in [9.17, 15) is 9.59 Å². The van der Waals surface area contributed by atoms with Gasteiger partial charge in [-0.1, -0.05) is 13.8 Å². The number of rotatable bonds is 6. The second-order valence-corrected chi connectivity index (χ2v) is 4.83. The number of carbonyl (C=O) groups excluding carboxylic acids is 1. The van der Waals surface area contributed by atoms with E-state index in [4.69, 9.17) is 5.11 Å². The van der Waals surface area contributed by atoms with E-state index in [0.29, 0.717) is 13.1 Å². The monoisotopic (exact) mass is 227 g/mol. The van der Waals surface area contributed by atoms with Gasteiger partial charge in [-0.3, -0.25) is 9.59 Å². The maximum atomic E-state index is 12.1. The molecule has 0 aromatic carbocycles. The van der Waals surface area contributed by atoms with Crippen molar-refractivity contribution < 1.29 is 14.7 Å². The molecule has 0 bridgehead atoms. The molecular weight excluding hydrogens is 206 g/mol. The highest BCUT2D eigenvalue weighted by molar-refractivity contribution is 5.83. The van der Waals surface area contributed by atoms with E-state index in [2.05, 4.69) is 13.8 Å². The highest BCUT2D eigenvalue weighted by Gasteiger charge is 2.53. The predicted octanol–water partition coefficient (Wildman–Crippen LogP) is 1.75. The van der Waals surface area contributed by atoms with Crippen molar-refractivity contribution in [2.75, 3.05) is 13.1 Å². The third kappa shape index (κ3) is 2.74. The second kappa shape index (κ2) is 4.85. The molecule has 0 spiro atoms. The van der Waals surface area contributed by atoms with Crippen molar-refractivity contribution in [3.05, 3.63) is 0 Å². The van der Waals surface area contributed by atoms with Gasteiger partial charge in [-0.15, -0.1) is 0 Å². The molecule has 0 saturated heterocycles. The molecule has 1 N–H and O–H groups in total. The SMILES string of the molecule is CCN(CCC(=O)O)C(=O)C1CC1(C)CC. The minimum atomic E-state index is -0.847. The molecule has 1 rings (SSSR count). The first-order valence-electron chi connectivity index (χ1n) is 5.95. The highest BCUT2D eigenvalue weighted by Crippen LogP contribution is 2.55. The summed E-state index contributed by atoms with van der Waals surface area (Å²) in [7, 11) is 0. The Morgan fingerprint density at radius 2 is 2.06 bits per heavy atom. The largest absolute Gasteiger partial charge is 0.481 e. The van der Waals surface area contributed by atoms with Crippen LogP contribution in [-0.2, 0) is 9.59 Å². The smallest absolute Gasteiger partial charge is 0.305 e. The van der Waals surface area contributed by atoms with Gasteiger partial charge in [0, 0.05) is 19.0 Å². The molecule has 2 atom stereocenters. The van der Waals surface area contributed by atoms with Gasteiger partial charge >= 0.3 is 5.97 Å². The van der Waals surface area contributed by atoms with Gasteiger partial charge in [0.25, 0.3) is 0 Å². The Bertz CT molecular complexity index is 290. The van der Waals surface area contributed by atoms with Gasteiger partial charge in [0.05, 0.1) is 6.42 Å². The fraction of sp³-hybridized carbons (Fsp3) is 0.833. The Morgan fingerprint density at radius 1 is 1.44 bits per heavy atom. The van der Waals surface area contributed by atoms with Crippen LogP contribution in [0.15, 0.2) is 0 Å². The molecule has 4 nitrogen and oxygen atoms in total. The second-order valence-electron chi connectivity index (χ2n) is 4.83. The molecule has 1 amide bonds. The van der Waals surface area contributed by atoms with Crippen molar-refractivity contribution in [1.82, 2.24) is 4.90 Å². The lowest BCUT2D eigenvalue weighted by atomic mass is 10.0. The standard InChI is InChI=1S/C12H21NO3/c1-4-12(3)8-9(12)11(16)13(5-2)7-6-10(14)15/h9H,4-8H2,1-3H3,(H,14,15). The van der Waals surface area contributed by atoms with E-state index in [1.165, 1.54) is 0 Å². The van der Waals surface area contributed by atoms with Crippen molar-refractivity contribution in [3.63, 3.8) is 0 Å². The summed E-state index contributed by atoms with van der Waals surface area (Å²) in [6.45, 7) is 7.05. The number of carbonyl (C=O) groups is 2. The van der Waals surface area contributed by atoms with Crippen molar-refractivity contribution in [1.29, 1.82) is 0 Å². The van der Waals surface area contributed by atoms with E-state index < -0.39 is 5.97 Å². The molecular formula is C12H21NO3. The number of carboxylic acids is 1. The molecule has 0 aromatic heterocycles. The summed E-state index contributed by atoms with van der Waals surface area (Å²) in [6.07, 6.45) is 2.00. The Kier molecular flexibility index (Phi) is 3.94. The minimum Gasteiger partial charge on any atom is -0.481 e. The van der Waals surface area contributed by atoms with Gasteiger partial charge in [-0.25, -0.2) is 0 Å². The fourth-order valence-corrected chi connectivity index (χ4v) is 2.06. The lowest BCUT2D eigenvalue weighted by Gasteiger charge is -2.21. The molecule has 0 aromatic rings. The summed E-state index contributed by atoms with van der Waals surface area (Å²) in [4.78, 5) is 24.2. The maximum absolute atomic E-state index is 12.1. The maximum Gasteiger partial charge on any atom is 0.305 e. The van der Waals surface area contributed by atoms with E-state index in [1.807, 2.05) is 6.92 Å². The lowest BCUT2D eigenvalue weighted by Crippen LogP contribution is -2.35. The zero-order valence-corrected chi connectivity index (χ0v) is 10.3. The quantitative estimate of drug-likeness (QED) is 0.752. The van der Waals surface area contributed by atoms with Crippen LogP contribution in [0.2, 0.25) is 0 Å². The van der Waals surface area contributed by atoms with Crippen molar-refractivity contribution in [3.8, 4) is 0 Å². The normalized spacial score (nSPS) is 27.6. The Morgan fingerprint density at radius 3 is 2.44 bits per heavy atom. The summed E-state index contributed by atoms with van der Waals surface area (Å²) in [5, 5.41) is 8.60. The molecule has 0 radical (unpaired) electrons. The number of hydrogen-bond donors (Lipinski definition) is 1. The van der Waals surface area contributed by atoms with Crippen LogP contribution in [0.5, 0.6) is 0 Å². The highest BCUT2D eigenvalue weighted by atomic mass is 16.4. The van der Waals surface area contributed by atoms with Gasteiger partial charge in [-0.05, 0) is 25.2 Å². The molecule has 1 saturated carbocycles. The van der Waals surface area contributed by atoms with Crippen LogP contribution in [0.3, 0.4) is 0 Å². The number of carboxylic acid groups (broad SMARTS) is 1. The molecule has 0 heterocycles. The van der Waals surface area contributed by atoms with Crippen LogP contribution in [0, 0.1) is 11.3 Å². The average molecular weight is 227 g/mol. The van der Waals surface area contributed by atoms with Gasteiger partial charge in [0.1, 0.15) is 0 Å². The van der Waals surface area contributed by atoms with Crippen molar-refractivity contribution >= 4 is 11.9 Å². The Balaban J connectivity index is 2.48. The summed E-state index contributed by atoms with van der Waals surface area (Å²) in [5.74, 6) is -0.598. The van der Waals surface area contributed by atoms with E-state index in [0.717, 1.165) is 12.8 Å². The third-order valence-electron chi connectivity index (χ3n) is 3.75. The number of amides is 1. The number of nitrogens with zero attached hydrogens (tertiary/aromatic N) is 1. The number of aliphatic carboxylic acids is 1. The first-order valence-corrected chi connectivity index (χ1v) is 5.95. The van der Waals surface area contributed by atoms with E-state index >= 15 is 0 Å². The minimum absolute atomic E-state index is 0.0368. The lowest BCUT2D eigenvalue weighted by molar-refractivity contribution is -0.139. The first kappa shape index (κ1) is 13.0. The van der Waals surface area contributed by atoms with Crippen molar-refractivity contribution in [2.45, 2.75) is 40.0 Å². The van der Waals surface area contributed by atoms with Gasteiger partial charge in [0.2, 0.25) is 5.91 Å². The Labute approximate surface area is 96.6 Å². The van der Waals surface area contributed by atoms with Crippen LogP contribution in [-0.4, -0.2) is 35.0 Å². The molecule has 1 fully saturated rings. The van der Waals surface area contributed by atoms with E-state index in [-0.39, 0.29) is 23.7 Å². The summed E-state index contributed by atoms with van der Waals surface area (Å²) in [5.41, 5.74) is 0.160. The first-order chi connectivity index (χ1) is 7.44. The molecule has 1 aliphatic rings.